The molecule has 2 aliphatic heterocycles. The molecular formula is C26H35BN2O5. The second-order valence-corrected chi connectivity index (χ2v) is 9.50. The van der Waals surface area contributed by atoms with E-state index < -0.39 is 0 Å². The fourth-order valence-electron chi connectivity index (χ4n) is 3.78. The van der Waals surface area contributed by atoms with Crippen LogP contribution in [-0.2, 0) is 25.4 Å². The molecule has 0 unspecified atom stereocenters. The molecule has 7 nitrogen and oxygen atoms in total. The van der Waals surface area contributed by atoms with Crippen LogP contribution in [0.5, 0.6) is 0 Å². The molecule has 1 aromatic rings. The van der Waals surface area contributed by atoms with Crippen molar-refractivity contribution in [2.24, 2.45) is 0 Å². The standard InChI is InChI=1S/C26H35BN2O5/c1-6-11-22(14-10-15-27-33-25(2,3)26(4,5)34-27)23(30)28-16-18-29(19-17-28)24(31)32-20-21-12-8-7-9-13-21/h6-14H,1,15-20H2,2-5H3/b14-10-,22-11+. The second kappa shape index (κ2) is 11.1. The third-order valence-electron chi connectivity index (χ3n) is 6.50. The first-order valence-electron chi connectivity index (χ1n) is 11.7. The van der Waals surface area contributed by atoms with Gasteiger partial charge in [0.05, 0.1) is 11.2 Å². The summed E-state index contributed by atoms with van der Waals surface area (Å²) in [4.78, 5) is 28.8. The molecule has 0 radical (unpaired) electrons. The van der Waals surface area contributed by atoms with Crippen LogP contribution in [0.4, 0.5) is 4.79 Å². The summed E-state index contributed by atoms with van der Waals surface area (Å²) in [6.07, 6.45) is 7.16. The summed E-state index contributed by atoms with van der Waals surface area (Å²) in [6, 6.07) is 9.57. The summed E-state index contributed by atoms with van der Waals surface area (Å²) in [7, 11) is -0.355. The Morgan fingerprint density at radius 1 is 1.03 bits per heavy atom. The zero-order valence-electron chi connectivity index (χ0n) is 20.7. The van der Waals surface area contributed by atoms with Crippen LogP contribution in [0.15, 0.2) is 66.8 Å². The molecule has 0 bridgehead atoms. The highest BCUT2D eigenvalue weighted by Gasteiger charge is 2.50. The van der Waals surface area contributed by atoms with Gasteiger partial charge >= 0.3 is 13.2 Å². The average Bonchev–Trinajstić information content (AvgIpc) is 3.03. The maximum absolute atomic E-state index is 13.1. The first-order chi connectivity index (χ1) is 16.1. The van der Waals surface area contributed by atoms with E-state index in [4.69, 9.17) is 14.0 Å². The van der Waals surface area contributed by atoms with E-state index in [1.54, 1.807) is 28.0 Å². The number of rotatable bonds is 7. The van der Waals surface area contributed by atoms with Crippen molar-refractivity contribution < 1.29 is 23.6 Å². The number of amides is 2. The number of ether oxygens (including phenoxy) is 1. The Labute approximate surface area is 203 Å². The van der Waals surface area contributed by atoms with Crippen molar-refractivity contribution in [3.63, 3.8) is 0 Å². The van der Waals surface area contributed by atoms with E-state index in [1.165, 1.54) is 0 Å². The fraction of sp³-hybridized carbons (Fsp3) is 0.462. The van der Waals surface area contributed by atoms with Crippen LogP contribution in [0.1, 0.15) is 33.3 Å². The Balaban J connectivity index is 1.49. The lowest BCUT2D eigenvalue weighted by Crippen LogP contribution is -2.51. The van der Waals surface area contributed by atoms with Gasteiger partial charge in [0, 0.05) is 38.1 Å². The van der Waals surface area contributed by atoms with E-state index in [-0.39, 0.29) is 36.9 Å². The van der Waals surface area contributed by atoms with Gasteiger partial charge in [-0.05, 0) is 33.3 Å². The van der Waals surface area contributed by atoms with Gasteiger partial charge in [0.2, 0.25) is 0 Å². The monoisotopic (exact) mass is 466 g/mol. The number of benzene rings is 1. The van der Waals surface area contributed by atoms with Crippen molar-refractivity contribution >= 4 is 19.1 Å². The minimum Gasteiger partial charge on any atom is -0.445 e. The van der Waals surface area contributed by atoms with Crippen molar-refractivity contribution in [1.29, 1.82) is 0 Å². The minimum atomic E-state index is -0.386. The molecule has 2 aliphatic rings. The molecule has 0 aliphatic carbocycles. The summed E-state index contributed by atoms with van der Waals surface area (Å²) in [5.74, 6) is -0.0950. The van der Waals surface area contributed by atoms with Gasteiger partial charge in [-0.25, -0.2) is 4.79 Å². The van der Waals surface area contributed by atoms with E-state index in [0.29, 0.717) is 38.1 Å². The molecule has 2 heterocycles. The fourth-order valence-corrected chi connectivity index (χ4v) is 3.78. The quantitative estimate of drug-likeness (QED) is 0.342. The van der Waals surface area contributed by atoms with E-state index in [0.717, 1.165) is 5.56 Å². The van der Waals surface area contributed by atoms with Crippen LogP contribution in [0.3, 0.4) is 0 Å². The van der Waals surface area contributed by atoms with Gasteiger partial charge in [-0.2, -0.15) is 0 Å². The number of piperazine rings is 1. The van der Waals surface area contributed by atoms with E-state index in [1.807, 2.05) is 64.1 Å². The Morgan fingerprint density at radius 3 is 2.21 bits per heavy atom. The minimum absolute atomic E-state index is 0.0950. The zero-order valence-corrected chi connectivity index (χ0v) is 20.7. The lowest BCUT2D eigenvalue weighted by Gasteiger charge is -2.34. The third kappa shape index (κ3) is 6.39. The molecule has 182 valence electrons. The molecule has 1 aromatic carbocycles. The number of nitrogens with zero attached hydrogens (tertiary/aromatic N) is 2. The van der Waals surface area contributed by atoms with Crippen LogP contribution < -0.4 is 0 Å². The van der Waals surface area contributed by atoms with Crippen molar-refractivity contribution in [2.75, 3.05) is 26.2 Å². The van der Waals surface area contributed by atoms with E-state index in [9.17, 15) is 9.59 Å². The maximum Gasteiger partial charge on any atom is 0.461 e. The molecule has 0 atom stereocenters. The number of allylic oxidation sites excluding steroid dienone is 3. The first-order valence-corrected chi connectivity index (χ1v) is 11.7. The SMILES string of the molecule is C=C/C=C(\C=C/CB1OC(C)(C)C(C)(C)O1)C(=O)N1CCN(C(=O)OCc2ccccc2)CC1. The Hall–Kier alpha value is -2.84. The Kier molecular flexibility index (Phi) is 8.39. The Morgan fingerprint density at radius 2 is 1.62 bits per heavy atom. The number of hydrogen-bond acceptors (Lipinski definition) is 5. The lowest BCUT2D eigenvalue weighted by atomic mass is 9.84. The lowest BCUT2D eigenvalue weighted by molar-refractivity contribution is -0.128. The van der Waals surface area contributed by atoms with Crippen molar-refractivity contribution in [3.05, 3.63) is 72.4 Å². The highest BCUT2D eigenvalue weighted by Crippen LogP contribution is 2.37. The van der Waals surface area contributed by atoms with E-state index in [2.05, 4.69) is 6.58 Å². The molecule has 3 rings (SSSR count). The zero-order chi connectivity index (χ0) is 24.8. The second-order valence-electron chi connectivity index (χ2n) is 9.50. The van der Waals surface area contributed by atoms with E-state index >= 15 is 0 Å². The Bertz CT molecular complexity index is 918. The number of carbonyl (C=O) groups excluding carboxylic acids is 2. The third-order valence-corrected chi connectivity index (χ3v) is 6.50. The summed E-state index contributed by atoms with van der Waals surface area (Å²) < 4.78 is 17.4. The van der Waals surface area contributed by atoms with Gasteiger partial charge in [-0.3, -0.25) is 4.79 Å². The predicted molar refractivity (Wildman–Crippen MR) is 133 cm³/mol. The molecular weight excluding hydrogens is 431 g/mol. The van der Waals surface area contributed by atoms with Crippen molar-refractivity contribution in [3.8, 4) is 0 Å². The smallest absolute Gasteiger partial charge is 0.445 e. The maximum atomic E-state index is 13.1. The van der Waals surface area contributed by atoms with Crippen molar-refractivity contribution in [2.45, 2.75) is 51.8 Å². The molecule has 2 fully saturated rings. The van der Waals surface area contributed by atoms with Gasteiger partial charge in [-0.15, -0.1) is 0 Å². The van der Waals surface area contributed by atoms with Gasteiger partial charge in [0.25, 0.3) is 5.91 Å². The molecule has 2 saturated heterocycles. The van der Waals surface area contributed by atoms with Gasteiger partial charge in [0.15, 0.2) is 0 Å². The van der Waals surface area contributed by atoms with Crippen LogP contribution in [0.2, 0.25) is 6.32 Å². The molecule has 0 saturated carbocycles. The van der Waals surface area contributed by atoms with Crippen LogP contribution in [0.25, 0.3) is 0 Å². The normalized spacial score (nSPS) is 20.0. The molecule has 0 spiro atoms. The predicted octanol–water partition coefficient (Wildman–Crippen LogP) is 4.23. The summed E-state index contributed by atoms with van der Waals surface area (Å²) in [6.45, 7) is 13.8. The topological polar surface area (TPSA) is 68.3 Å². The molecule has 2 amide bonds. The highest BCUT2D eigenvalue weighted by atomic mass is 16.7. The van der Waals surface area contributed by atoms with Gasteiger partial charge < -0.3 is 23.8 Å². The number of hydrogen-bond donors (Lipinski definition) is 0. The van der Waals surface area contributed by atoms with Gasteiger partial charge in [-0.1, -0.05) is 61.2 Å². The van der Waals surface area contributed by atoms with Crippen LogP contribution in [-0.4, -0.2) is 66.3 Å². The molecule has 0 aromatic heterocycles. The summed E-state index contributed by atoms with van der Waals surface area (Å²) in [5.41, 5.74) is 0.703. The van der Waals surface area contributed by atoms with Crippen LogP contribution in [0, 0.1) is 0 Å². The number of carbonyl (C=O) groups is 2. The van der Waals surface area contributed by atoms with Crippen LogP contribution >= 0.6 is 0 Å². The van der Waals surface area contributed by atoms with Gasteiger partial charge in [0.1, 0.15) is 6.61 Å². The van der Waals surface area contributed by atoms with Crippen molar-refractivity contribution in [1.82, 2.24) is 9.80 Å². The average molecular weight is 466 g/mol. The molecule has 0 N–H and O–H groups in total. The summed E-state index contributed by atoms with van der Waals surface area (Å²) >= 11 is 0. The summed E-state index contributed by atoms with van der Waals surface area (Å²) in [5, 5.41) is 0. The first kappa shape index (κ1) is 25.8. The molecule has 8 heteroatoms. The molecule has 34 heavy (non-hydrogen) atoms. The highest BCUT2D eigenvalue weighted by molar-refractivity contribution is 6.46. The largest absolute Gasteiger partial charge is 0.461 e.